The highest BCUT2D eigenvalue weighted by Gasteiger charge is 2.66. The smallest absolute Gasteiger partial charge is 0.307 e. The number of aromatic amines is 1. The number of carboxylic acids is 1. The van der Waals surface area contributed by atoms with E-state index in [-0.39, 0.29) is 23.5 Å². The molecule has 0 saturated heterocycles. The van der Waals surface area contributed by atoms with Crippen LogP contribution in [0.3, 0.4) is 0 Å². The van der Waals surface area contributed by atoms with Gasteiger partial charge < -0.3 is 14.9 Å². The zero-order valence-corrected chi connectivity index (χ0v) is 14.3. The standard InChI is InChI=1S/C15H20N6O4/c1-6(2)9(13-19-11(21-25-13)10-16-5-17-20-10)18-12(22)7-8(14(23)24)15(7,3)4/h5-9H,1-4H3,(H,18,22)(H,23,24)(H,16,17,20)/t7-,8+,9?/m0/s1. The minimum absolute atomic E-state index is 0.0304. The van der Waals surface area contributed by atoms with Gasteiger partial charge in [-0.2, -0.15) is 10.1 Å². The molecule has 2 aromatic rings. The van der Waals surface area contributed by atoms with Crippen molar-refractivity contribution in [3.63, 3.8) is 0 Å². The van der Waals surface area contributed by atoms with E-state index in [1.54, 1.807) is 13.8 Å². The first-order valence-corrected chi connectivity index (χ1v) is 7.96. The predicted molar refractivity (Wildman–Crippen MR) is 83.8 cm³/mol. The maximum Gasteiger partial charge on any atom is 0.307 e. The summed E-state index contributed by atoms with van der Waals surface area (Å²) in [5.41, 5.74) is -0.572. The molecule has 25 heavy (non-hydrogen) atoms. The van der Waals surface area contributed by atoms with Crippen LogP contribution in [-0.2, 0) is 9.59 Å². The number of hydrogen-bond acceptors (Lipinski definition) is 7. The first-order chi connectivity index (χ1) is 11.7. The number of carbonyl (C=O) groups is 2. The first kappa shape index (κ1) is 17.1. The van der Waals surface area contributed by atoms with Crippen molar-refractivity contribution in [2.75, 3.05) is 0 Å². The number of aliphatic carboxylic acids is 1. The van der Waals surface area contributed by atoms with Crippen molar-refractivity contribution in [2.24, 2.45) is 23.2 Å². The van der Waals surface area contributed by atoms with Gasteiger partial charge in [0, 0.05) is 0 Å². The minimum Gasteiger partial charge on any atom is -0.481 e. The number of hydrogen-bond donors (Lipinski definition) is 3. The molecule has 10 heteroatoms. The van der Waals surface area contributed by atoms with Crippen LogP contribution in [0.4, 0.5) is 0 Å². The molecule has 3 N–H and O–H groups in total. The Morgan fingerprint density at radius 1 is 1.36 bits per heavy atom. The molecule has 134 valence electrons. The van der Waals surface area contributed by atoms with Gasteiger partial charge in [0.05, 0.1) is 11.8 Å². The second-order valence-electron chi connectivity index (χ2n) is 7.14. The Morgan fingerprint density at radius 2 is 2.08 bits per heavy atom. The Kier molecular flexibility index (Phi) is 4.05. The monoisotopic (exact) mass is 348 g/mol. The summed E-state index contributed by atoms with van der Waals surface area (Å²) < 4.78 is 5.26. The van der Waals surface area contributed by atoms with Crippen LogP contribution in [0, 0.1) is 23.2 Å². The molecule has 3 rings (SSSR count). The van der Waals surface area contributed by atoms with E-state index in [1.165, 1.54) is 6.33 Å². The molecule has 1 unspecified atom stereocenters. The number of rotatable bonds is 6. The summed E-state index contributed by atoms with van der Waals surface area (Å²) in [4.78, 5) is 32.0. The summed E-state index contributed by atoms with van der Waals surface area (Å²) in [6.45, 7) is 7.34. The quantitative estimate of drug-likeness (QED) is 0.701. The molecule has 1 fully saturated rings. The second kappa shape index (κ2) is 5.94. The van der Waals surface area contributed by atoms with Gasteiger partial charge >= 0.3 is 5.97 Å². The molecule has 0 radical (unpaired) electrons. The summed E-state index contributed by atoms with van der Waals surface area (Å²) in [6.07, 6.45) is 1.33. The van der Waals surface area contributed by atoms with Crippen LogP contribution >= 0.6 is 0 Å². The van der Waals surface area contributed by atoms with Gasteiger partial charge in [-0.3, -0.25) is 14.7 Å². The van der Waals surface area contributed by atoms with Crippen molar-refractivity contribution in [3.05, 3.63) is 12.2 Å². The molecule has 10 nitrogen and oxygen atoms in total. The average molecular weight is 348 g/mol. The molecular formula is C15H20N6O4. The van der Waals surface area contributed by atoms with E-state index in [9.17, 15) is 14.7 Å². The average Bonchev–Trinajstić information content (AvgIpc) is 2.99. The molecular weight excluding hydrogens is 328 g/mol. The third-order valence-electron chi connectivity index (χ3n) is 4.67. The molecule has 0 aliphatic heterocycles. The van der Waals surface area contributed by atoms with Gasteiger partial charge in [-0.05, 0) is 11.3 Å². The van der Waals surface area contributed by atoms with Crippen LogP contribution in [0.15, 0.2) is 10.9 Å². The van der Waals surface area contributed by atoms with E-state index in [4.69, 9.17) is 4.52 Å². The molecule has 2 aromatic heterocycles. The molecule has 2 heterocycles. The normalized spacial score (nSPS) is 22.6. The number of amides is 1. The molecule has 3 atom stereocenters. The Labute approximate surface area is 143 Å². The fourth-order valence-electron chi connectivity index (χ4n) is 3.12. The Hall–Kier alpha value is -2.78. The van der Waals surface area contributed by atoms with Gasteiger partial charge in [0.2, 0.25) is 17.6 Å². The van der Waals surface area contributed by atoms with Crippen molar-refractivity contribution in [1.82, 2.24) is 30.6 Å². The SMILES string of the molecule is CC(C)C(NC(=O)[C@@H]1[C@H](C(=O)O)C1(C)C)c1nc(-c2ncn[nH]2)no1. The fourth-order valence-corrected chi connectivity index (χ4v) is 3.12. The Bertz CT molecular complexity index is 782. The summed E-state index contributed by atoms with van der Waals surface area (Å²) >= 11 is 0. The van der Waals surface area contributed by atoms with Crippen LogP contribution in [0.25, 0.3) is 11.6 Å². The second-order valence-corrected chi connectivity index (χ2v) is 7.14. The van der Waals surface area contributed by atoms with E-state index in [2.05, 4.69) is 30.6 Å². The number of nitrogens with one attached hydrogen (secondary N) is 2. The van der Waals surface area contributed by atoms with Crippen LogP contribution in [0.5, 0.6) is 0 Å². The zero-order chi connectivity index (χ0) is 18.4. The summed E-state index contributed by atoms with van der Waals surface area (Å²) in [7, 11) is 0. The fraction of sp³-hybridized carbons (Fsp3) is 0.600. The molecule has 1 aliphatic rings. The van der Waals surface area contributed by atoms with Crippen molar-refractivity contribution < 1.29 is 19.2 Å². The molecule has 1 saturated carbocycles. The molecule has 0 bridgehead atoms. The molecule has 0 aromatic carbocycles. The molecule has 0 spiro atoms. The predicted octanol–water partition coefficient (Wildman–Crippen LogP) is 1.02. The van der Waals surface area contributed by atoms with Gasteiger partial charge in [0.25, 0.3) is 0 Å². The highest BCUT2D eigenvalue weighted by molar-refractivity contribution is 5.91. The number of carboxylic acid groups (broad SMARTS) is 1. The van der Waals surface area contributed by atoms with Crippen LogP contribution in [0.1, 0.15) is 39.6 Å². The molecule has 1 aliphatic carbocycles. The van der Waals surface area contributed by atoms with Crippen molar-refractivity contribution in [3.8, 4) is 11.6 Å². The summed E-state index contributed by atoms with van der Waals surface area (Å²) in [6, 6.07) is -0.525. The topological polar surface area (TPSA) is 147 Å². The summed E-state index contributed by atoms with van der Waals surface area (Å²) in [5.74, 6) is -1.75. The Morgan fingerprint density at radius 3 is 2.60 bits per heavy atom. The number of aromatic nitrogens is 5. The third-order valence-corrected chi connectivity index (χ3v) is 4.67. The van der Waals surface area contributed by atoms with Gasteiger partial charge in [0.15, 0.2) is 5.82 Å². The van der Waals surface area contributed by atoms with Crippen molar-refractivity contribution in [2.45, 2.75) is 33.7 Å². The van der Waals surface area contributed by atoms with E-state index in [0.717, 1.165) is 0 Å². The van der Waals surface area contributed by atoms with Crippen molar-refractivity contribution >= 4 is 11.9 Å². The van der Waals surface area contributed by atoms with E-state index >= 15 is 0 Å². The maximum absolute atomic E-state index is 12.6. The van der Waals surface area contributed by atoms with Gasteiger partial charge in [-0.25, -0.2) is 4.98 Å². The zero-order valence-electron chi connectivity index (χ0n) is 14.3. The van der Waals surface area contributed by atoms with Gasteiger partial charge in [-0.15, -0.1) is 0 Å². The highest BCUT2D eigenvalue weighted by atomic mass is 16.5. The lowest BCUT2D eigenvalue weighted by Crippen LogP contribution is -2.34. The highest BCUT2D eigenvalue weighted by Crippen LogP contribution is 2.58. The largest absolute Gasteiger partial charge is 0.481 e. The molecule has 1 amide bonds. The summed E-state index contributed by atoms with van der Waals surface area (Å²) in [5, 5.41) is 22.3. The number of nitrogens with zero attached hydrogens (tertiary/aromatic N) is 4. The van der Waals surface area contributed by atoms with Gasteiger partial charge in [0.1, 0.15) is 12.4 Å². The van der Waals surface area contributed by atoms with E-state index < -0.39 is 29.3 Å². The van der Waals surface area contributed by atoms with Crippen LogP contribution in [0.2, 0.25) is 0 Å². The maximum atomic E-state index is 12.6. The third kappa shape index (κ3) is 2.99. The first-order valence-electron chi connectivity index (χ1n) is 7.96. The van der Waals surface area contributed by atoms with E-state index in [1.807, 2.05) is 13.8 Å². The lowest BCUT2D eigenvalue weighted by molar-refractivity contribution is -0.140. The lowest BCUT2D eigenvalue weighted by Gasteiger charge is -2.19. The van der Waals surface area contributed by atoms with E-state index in [0.29, 0.717) is 5.82 Å². The van der Waals surface area contributed by atoms with Crippen LogP contribution in [-0.4, -0.2) is 42.3 Å². The number of H-pyrrole nitrogens is 1. The lowest BCUT2D eigenvalue weighted by atomic mass is 10.0. The van der Waals surface area contributed by atoms with Gasteiger partial charge in [-0.1, -0.05) is 32.9 Å². The number of carbonyl (C=O) groups excluding carboxylic acids is 1. The van der Waals surface area contributed by atoms with Crippen molar-refractivity contribution in [1.29, 1.82) is 0 Å². The minimum atomic E-state index is -0.961. The Balaban J connectivity index is 1.77. The van der Waals surface area contributed by atoms with Crippen LogP contribution < -0.4 is 5.32 Å².